The van der Waals surface area contributed by atoms with E-state index in [1.54, 1.807) is 14.0 Å². The van der Waals surface area contributed by atoms with Gasteiger partial charge in [0, 0.05) is 5.56 Å². The first kappa shape index (κ1) is 14.6. The minimum atomic E-state index is -1.09. The summed E-state index contributed by atoms with van der Waals surface area (Å²) in [5.74, 6) is 0.133. The Bertz CT molecular complexity index is 778. The first-order chi connectivity index (χ1) is 10.5. The number of rotatable bonds is 2. The zero-order valence-electron chi connectivity index (χ0n) is 12.9. The van der Waals surface area contributed by atoms with E-state index in [-0.39, 0.29) is 5.78 Å². The van der Waals surface area contributed by atoms with Gasteiger partial charge in [0.25, 0.3) is 0 Å². The molecule has 22 heavy (non-hydrogen) atoms. The number of fused-ring (bicyclic) bond motifs is 3. The highest BCUT2D eigenvalue weighted by atomic mass is 16.5. The second-order valence-corrected chi connectivity index (χ2v) is 5.83. The number of methoxy groups -OCH3 is 2. The highest BCUT2D eigenvalue weighted by Gasteiger charge is 2.46. The fourth-order valence-electron chi connectivity index (χ4n) is 3.18. The Kier molecular flexibility index (Phi) is 3.39. The summed E-state index contributed by atoms with van der Waals surface area (Å²) in [5, 5.41) is 2.08. The van der Waals surface area contributed by atoms with E-state index in [1.807, 2.05) is 30.3 Å². The van der Waals surface area contributed by atoms with Crippen molar-refractivity contribution in [3.8, 4) is 5.75 Å². The van der Waals surface area contributed by atoms with Gasteiger partial charge in [-0.25, -0.2) is 0 Å². The van der Waals surface area contributed by atoms with E-state index in [0.717, 1.165) is 22.1 Å². The first-order valence-corrected chi connectivity index (χ1v) is 7.24. The Labute approximate surface area is 129 Å². The Morgan fingerprint density at radius 2 is 1.91 bits per heavy atom. The van der Waals surface area contributed by atoms with Crippen LogP contribution < -0.4 is 4.74 Å². The number of hydrogen-bond donors (Lipinski definition) is 0. The first-order valence-electron chi connectivity index (χ1n) is 7.24. The van der Waals surface area contributed by atoms with Crippen LogP contribution in [0.3, 0.4) is 0 Å². The van der Waals surface area contributed by atoms with E-state index in [4.69, 9.17) is 9.47 Å². The smallest absolute Gasteiger partial charge is 0.319 e. The van der Waals surface area contributed by atoms with Crippen LogP contribution in [0.5, 0.6) is 5.75 Å². The summed E-state index contributed by atoms with van der Waals surface area (Å²) in [6, 6.07) is 9.55. The van der Waals surface area contributed by atoms with Crippen molar-refractivity contribution in [2.45, 2.75) is 19.8 Å². The second kappa shape index (κ2) is 5.13. The van der Waals surface area contributed by atoms with Crippen LogP contribution in [0.2, 0.25) is 0 Å². The molecule has 0 spiro atoms. The molecule has 1 aliphatic carbocycles. The molecule has 0 saturated heterocycles. The van der Waals surface area contributed by atoms with Gasteiger partial charge < -0.3 is 9.47 Å². The highest BCUT2D eigenvalue weighted by Crippen LogP contribution is 2.39. The summed E-state index contributed by atoms with van der Waals surface area (Å²) in [4.78, 5) is 24.8. The third-order valence-corrected chi connectivity index (χ3v) is 4.60. The van der Waals surface area contributed by atoms with Gasteiger partial charge in [-0.15, -0.1) is 0 Å². The summed E-state index contributed by atoms with van der Waals surface area (Å²) in [6.07, 6.45) is 1.12. The molecule has 0 amide bonds. The predicted octanol–water partition coefficient (Wildman–Crippen LogP) is 3.16. The summed E-state index contributed by atoms with van der Waals surface area (Å²) in [6.45, 7) is 1.67. The lowest BCUT2D eigenvalue weighted by atomic mass is 9.71. The van der Waals surface area contributed by atoms with Crippen LogP contribution in [0.25, 0.3) is 10.8 Å². The van der Waals surface area contributed by atoms with E-state index < -0.39 is 11.4 Å². The molecule has 4 nitrogen and oxygen atoms in total. The van der Waals surface area contributed by atoms with Crippen molar-refractivity contribution in [1.82, 2.24) is 0 Å². The van der Waals surface area contributed by atoms with Crippen LogP contribution >= 0.6 is 0 Å². The number of hydrogen-bond acceptors (Lipinski definition) is 4. The van der Waals surface area contributed by atoms with Crippen LogP contribution in [0, 0.1) is 5.41 Å². The number of benzene rings is 2. The zero-order valence-corrected chi connectivity index (χ0v) is 12.9. The number of esters is 1. The number of Topliss-reactive ketones (excluding diaryl/α,β-unsaturated/α-hetero) is 1. The van der Waals surface area contributed by atoms with Crippen LogP contribution in [-0.2, 0) is 16.0 Å². The Balaban J connectivity index is 2.18. The molecule has 0 bridgehead atoms. The van der Waals surface area contributed by atoms with E-state index in [0.29, 0.717) is 18.4 Å². The summed E-state index contributed by atoms with van der Waals surface area (Å²) >= 11 is 0. The van der Waals surface area contributed by atoms with Crippen molar-refractivity contribution < 1.29 is 19.1 Å². The van der Waals surface area contributed by atoms with Crippen LogP contribution in [0.15, 0.2) is 30.3 Å². The minimum absolute atomic E-state index is 0.162. The van der Waals surface area contributed by atoms with Gasteiger partial charge in [0.15, 0.2) is 5.78 Å². The summed E-state index contributed by atoms with van der Waals surface area (Å²) in [5.41, 5.74) is 0.511. The van der Waals surface area contributed by atoms with Crippen LogP contribution in [0.4, 0.5) is 0 Å². The molecule has 4 heteroatoms. The zero-order chi connectivity index (χ0) is 15.9. The molecule has 2 aromatic rings. The molecule has 114 valence electrons. The molecule has 3 rings (SSSR count). The van der Waals surface area contributed by atoms with Gasteiger partial charge in [0.2, 0.25) is 0 Å². The van der Waals surface area contributed by atoms with Crippen molar-refractivity contribution in [3.05, 3.63) is 41.5 Å². The predicted molar refractivity (Wildman–Crippen MR) is 83.3 cm³/mol. The quantitative estimate of drug-likeness (QED) is 0.631. The highest BCUT2D eigenvalue weighted by molar-refractivity contribution is 6.15. The van der Waals surface area contributed by atoms with E-state index >= 15 is 0 Å². The molecule has 0 aliphatic heterocycles. The molecule has 2 aromatic carbocycles. The number of aryl methyl sites for hydroxylation is 1. The minimum Gasteiger partial charge on any atom is -0.497 e. The molecule has 0 saturated carbocycles. The lowest BCUT2D eigenvalue weighted by Gasteiger charge is -2.31. The Hall–Kier alpha value is -2.36. The summed E-state index contributed by atoms with van der Waals surface area (Å²) in [7, 11) is 2.94. The molecular formula is C18H18O4. The fraction of sp³-hybridized carbons (Fsp3) is 0.333. The molecule has 0 aromatic heterocycles. The van der Waals surface area contributed by atoms with Gasteiger partial charge in [-0.2, -0.15) is 0 Å². The van der Waals surface area contributed by atoms with Gasteiger partial charge >= 0.3 is 5.97 Å². The van der Waals surface area contributed by atoms with Crippen molar-refractivity contribution in [1.29, 1.82) is 0 Å². The van der Waals surface area contributed by atoms with Crippen molar-refractivity contribution in [2.24, 2.45) is 5.41 Å². The lowest BCUT2D eigenvalue weighted by molar-refractivity contribution is -0.149. The van der Waals surface area contributed by atoms with Gasteiger partial charge in [0.05, 0.1) is 14.2 Å². The average molecular weight is 298 g/mol. The van der Waals surface area contributed by atoms with Crippen LogP contribution in [-0.4, -0.2) is 26.0 Å². The maximum Gasteiger partial charge on any atom is 0.319 e. The Morgan fingerprint density at radius 1 is 1.18 bits per heavy atom. The molecule has 0 unspecified atom stereocenters. The maximum absolute atomic E-state index is 12.8. The molecule has 1 aliphatic rings. The number of carbonyl (C=O) groups excluding carboxylic acids is 2. The molecule has 0 heterocycles. The number of ether oxygens (including phenoxy) is 2. The Morgan fingerprint density at radius 3 is 2.59 bits per heavy atom. The third-order valence-electron chi connectivity index (χ3n) is 4.60. The molecule has 0 N–H and O–H groups in total. The van der Waals surface area contributed by atoms with E-state index in [9.17, 15) is 9.59 Å². The lowest BCUT2D eigenvalue weighted by Crippen LogP contribution is -2.41. The monoisotopic (exact) mass is 298 g/mol. The standard InChI is InChI=1S/C18H18O4/c1-18(17(20)22-3)9-8-13-14(16(18)19)7-5-11-4-6-12(21-2)10-15(11)13/h4-7,10H,8-9H2,1-3H3/t18-/m1/s1. The molecule has 1 atom stereocenters. The number of carbonyl (C=O) groups is 2. The van der Waals surface area contributed by atoms with Crippen molar-refractivity contribution in [2.75, 3.05) is 14.2 Å². The largest absolute Gasteiger partial charge is 0.497 e. The molecular weight excluding hydrogens is 280 g/mol. The topological polar surface area (TPSA) is 52.6 Å². The normalized spacial score (nSPS) is 20.6. The maximum atomic E-state index is 12.8. The van der Waals surface area contributed by atoms with E-state index in [1.165, 1.54) is 7.11 Å². The summed E-state index contributed by atoms with van der Waals surface area (Å²) < 4.78 is 10.1. The van der Waals surface area contributed by atoms with Gasteiger partial charge in [0.1, 0.15) is 11.2 Å². The average Bonchev–Trinajstić information content (AvgIpc) is 2.56. The fourth-order valence-corrected chi connectivity index (χ4v) is 3.18. The number of ketones is 1. The van der Waals surface area contributed by atoms with Gasteiger partial charge in [-0.05, 0) is 48.2 Å². The van der Waals surface area contributed by atoms with Crippen LogP contribution in [0.1, 0.15) is 29.3 Å². The molecule has 0 fully saturated rings. The molecule has 0 radical (unpaired) electrons. The van der Waals surface area contributed by atoms with Crippen molar-refractivity contribution in [3.63, 3.8) is 0 Å². The van der Waals surface area contributed by atoms with Crippen molar-refractivity contribution >= 4 is 22.5 Å². The third kappa shape index (κ3) is 1.98. The van der Waals surface area contributed by atoms with Gasteiger partial charge in [-0.1, -0.05) is 18.2 Å². The SMILES string of the molecule is COC(=O)[C@]1(C)CCc2c(ccc3ccc(OC)cc23)C1=O. The van der Waals surface area contributed by atoms with Gasteiger partial charge in [-0.3, -0.25) is 9.59 Å². The van der Waals surface area contributed by atoms with E-state index in [2.05, 4.69) is 0 Å². The second-order valence-electron chi connectivity index (χ2n) is 5.83.